The zero-order valence-electron chi connectivity index (χ0n) is 6.17. The summed E-state index contributed by atoms with van der Waals surface area (Å²) in [6.07, 6.45) is 10.1. The Morgan fingerprint density at radius 3 is 3.00 bits per heavy atom. The summed E-state index contributed by atoms with van der Waals surface area (Å²) in [5, 5.41) is 0. The molecule has 0 aliphatic carbocycles. The summed E-state index contributed by atoms with van der Waals surface area (Å²) in [6.45, 7) is 3.01. The summed E-state index contributed by atoms with van der Waals surface area (Å²) in [4.78, 5) is 0. The second-order valence-corrected chi connectivity index (χ2v) is 2.38. The fraction of sp³-hybridized carbons (Fsp3) is 0.333. The minimum absolute atomic E-state index is 0.814. The van der Waals surface area contributed by atoms with Gasteiger partial charge in [0.05, 0.1) is 0 Å². The minimum atomic E-state index is 0.814. The molecule has 0 aliphatic rings. The molecule has 1 nitrogen and oxygen atoms in total. The van der Waals surface area contributed by atoms with Gasteiger partial charge in [0, 0.05) is 25.4 Å². The van der Waals surface area contributed by atoms with E-state index in [9.17, 15) is 0 Å². The lowest BCUT2D eigenvalue weighted by Gasteiger charge is -1.95. The van der Waals surface area contributed by atoms with Gasteiger partial charge in [0.2, 0.25) is 0 Å². The lowest BCUT2D eigenvalue weighted by Crippen LogP contribution is -1.91. The quantitative estimate of drug-likeness (QED) is 0.542. The second kappa shape index (κ2) is 3.12. The van der Waals surface area contributed by atoms with Crippen molar-refractivity contribution in [2.45, 2.75) is 19.9 Å². The highest BCUT2D eigenvalue weighted by Crippen LogP contribution is 1.98. The summed E-state index contributed by atoms with van der Waals surface area (Å²) < 4.78 is 2.11. The molecule has 1 aromatic heterocycles. The Morgan fingerprint density at radius 2 is 2.50 bits per heavy atom. The molecule has 0 saturated carbocycles. The number of rotatable bonds is 2. The molecule has 0 N–H and O–H groups in total. The van der Waals surface area contributed by atoms with Crippen LogP contribution in [0, 0.1) is 19.3 Å². The Bertz CT molecular complexity index is 239. The molecule has 0 radical (unpaired) electrons. The molecule has 1 rings (SSSR count). The number of hydrogen-bond acceptors (Lipinski definition) is 0. The Morgan fingerprint density at radius 1 is 1.70 bits per heavy atom. The van der Waals surface area contributed by atoms with Crippen LogP contribution in [0.5, 0.6) is 0 Å². The third-order valence-corrected chi connectivity index (χ3v) is 1.41. The van der Waals surface area contributed by atoms with Gasteiger partial charge in [0.15, 0.2) is 0 Å². The molecule has 10 heavy (non-hydrogen) atoms. The lowest BCUT2D eigenvalue weighted by atomic mass is 10.4. The van der Waals surface area contributed by atoms with Crippen LogP contribution in [0.2, 0.25) is 0 Å². The van der Waals surface area contributed by atoms with Crippen molar-refractivity contribution >= 4 is 0 Å². The molecule has 0 aromatic carbocycles. The van der Waals surface area contributed by atoms with E-state index in [0.29, 0.717) is 0 Å². The Hall–Kier alpha value is -1.16. The number of hydrogen-bond donors (Lipinski definition) is 0. The van der Waals surface area contributed by atoms with Crippen LogP contribution >= 0.6 is 0 Å². The smallest absolute Gasteiger partial charge is 0.0329 e. The largest absolute Gasteiger partial charge is 0.353 e. The average Bonchev–Trinajstić information content (AvgIpc) is 2.31. The van der Waals surface area contributed by atoms with Crippen LogP contribution in [-0.2, 0) is 6.54 Å². The van der Waals surface area contributed by atoms with Gasteiger partial charge >= 0.3 is 0 Å². The molecular formula is C9H11N. The van der Waals surface area contributed by atoms with Gasteiger partial charge in [0.1, 0.15) is 0 Å². The van der Waals surface area contributed by atoms with Crippen molar-refractivity contribution in [1.82, 2.24) is 4.57 Å². The first-order chi connectivity index (χ1) is 4.83. The maximum absolute atomic E-state index is 5.12. The van der Waals surface area contributed by atoms with Crippen molar-refractivity contribution in [3.05, 3.63) is 24.0 Å². The first-order valence-corrected chi connectivity index (χ1v) is 3.39. The normalized spacial score (nSPS) is 9.20. The standard InChI is InChI=1S/C9H11N/c1-3-4-6-10-7-5-9(2)8-10/h1,5,7-8H,4,6H2,2H3. The van der Waals surface area contributed by atoms with E-state index in [-0.39, 0.29) is 0 Å². The highest BCUT2D eigenvalue weighted by Gasteiger charge is 1.88. The first kappa shape index (κ1) is 6.95. The van der Waals surface area contributed by atoms with E-state index in [4.69, 9.17) is 6.42 Å². The highest BCUT2D eigenvalue weighted by molar-refractivity contribution is 5.07. The van der Waals surface area contributed by atoms with Gasteiger partial charge in [-0.25, -0.2) is 0 Å². The summed E-state index contributed by atoms with van der Waals surface area (Å²) in [7, 11) is 0. The fourth-order valence-corrected chi connectivity index (χ4v) is 0.894. The molecule has 0 fully saturated rings. The summed E-state index contributed by atoms with van der Waals surface area (Å²) in [5.74, 6) is 2.60. The number of nitrogens with zero attached hydrogens (tertiary/aromatic N) is 1. The van der Waals surface area contributed by atoms with Gasteiger partial charge in [-0.15, -0.1) is 12.3 Å². The van der Waals surface area contributed by atoms with Crippen LogP contribution in [0.4, 0.5) is 0 Å². The predicted octanol–water partition coefficient (Wildman–Crippen LogP) is 1.82. The van der Waals surface area contributed by atoms with Gasteiger partial charge in [-0.3, -0.25) is 0 Å². The van der Waals surface area contributed by atoms with Crippen LogP contribution in [0.25, 0.3) is 0 Å². The summed E-state index contributed by atoms with van der Waals surface area (Å²) in [5.41, 5.74) is 1.29. The van der Waals surface area contributed by atoms with E-state index in [1.165, 1.54) is 5.56 Å². The maximum Gasteiger partial charge on any atom is 0.0329 e. The van der Waals surface area contributed by atoms with E-state index in [1.54, 1.807) is 0 Å². The van der Waals surface area contributed by atoms with Gasteiger partial charge in [-0.1, -0.05) is 0 Å². The van der Waals surface area contributed by atoms with Crippen molar-refractivity contribution in [1.29, 1.82) is 0 Å². The van der Waals surface area contributed by atoms with Crippen molar-refractivity contribution < 1.29 is 0 Å². The third kappa shape index (κ3) is 1.66. The Labute approximate surface area is 61.7 Å². The van der Waals surface area contributed by atoms with Crippen molar-refractivity contribution in [2.24, 2.45) is 0 Å². The predicted molar refractivity (Wildman–Crippen MR) is 42.6 cm³/mol. The van der Waals surface area contributed by atoms with Crippen LogP contribution < -0.4 is 0 Å². The zero-order valence-corrected chi connectivity index (χ0v) is 6.17. The van der Waals surface area contributed by atoms with Crippen molar-refractivity contribution in [3.63, 3.8) is 0 Å². The summed E-state index contributed by atoms with van der Waals surface area (Å²) >= 11 is 0. The van der Waals surface area contributed by atoms with E-state index in [2.05, 4.69) is 29.7 Å². The fourth-order valence-electron chi connectivity index (χ4n) is 0.894. The van der Waals surface area contributed by atoms with Gasteiger partial charge in [-0.2, -0.15) is 0 Å². The molecule has 0 atom stereocenters. The van der Waals surface area contributed by atoms with Crippen LogP contribution in [0.3, 0.4) is 0 Å². The number of terminal acetylenes is 1. The number of aryl methyl sites for hydroxylation is 2. The maximum atomic E-state index is 5.12. The first-order valence-electron chi connectivity index (χ1n) is 3.39. The molecule has 52 valence electrons. The van der Waals surface area contributed by atoms with Gasteiger partial charge < -0.3 is 4.57 Å². The molecule has 1 heteroatoms. The summed E-state index contributed by atoms with van der Waals surface area (Å²) in [6, 6.07) is 2.08. The van der Waals surface area contributed by atoms with E-state index < -0.39 is 0 Å². The SMILES string of the molecule is C#CCCn1ccc(C)c1. The average molecular weight is 133 g/mol. The van der Waals surface area contributed by atoms with E-state index >= 15 is 0 Å². The highest BCUT2D eigenvalue weighted by atomic mass is 14.9. The molecule has 0 spiro atoms. The van der Waals surface area contributed by atoms with Crippen LogP contribution in [0.1, 0.15) is 12.0 Å². The minimum Gasteiger partial charge on any atom is -0.353 e. The van der Waals surface area contributed by atoms with Gasteiger partial charge in [-0.05, 0) is 18.6 Å². The van der Waals surface area contributed by atoms with Crippen molar-refractivity contribution in [2.75, 3.05) is 0 Å². The second-order valence-electron chi connectivity index (χ2n) is 2.38. The van der Waals surface area contributed by atoms with Crippen LogP contribution in [0.15, 0.2) is 18.5 Å². The van der Waals surface area contributed by atoms with E-state index in [0.717, 1.165) is 13.0 Å². The molecular weight excluding hydrogens is 122 g/mol. The lowest BCUT2D eigenvalue weighted by molar-refractivity contribution is 0.724. The molecule has 0 bridgehead atoms. The third-order valence-electron chi connectivity index (χ3n) is 1.41. The molecule has 0 aliphatic heterocycles. The van der Waals surface area contributed by atoms with Gasteiger partial charge in [0.25, 0.3) is 0 Å². The molecule has 0 amide bonds. The monoisotopic (exact) mass is 133 g/mol. The molecule has 1 aromatic rings. The zero-order chi connectivity index (χ0) is 7.40. The molecule has 0 saturated heterocycles. The molecule has 1 heterocycles. The Kier molecular flexibility index (Phi) is 2.17. The Balaban J connectivity index is 2.52. The van der Waals surface area contributed by atoms with E-state index in [1.807, 2.05) is 6.20 Å². The van der Waals surface area contributed by atoms with Crippen molar-refractivity contribution in [3.8, 4) is 12.3 Å². The number of aromatic nitrogens is 1. The topological polar surface area (TPSA) is 4.93 Å². The molecule has 0 unspecified atom stereocenters. The van der Waals surface area contributed by atoms with Crippen LogP contribution in [-0.4, -0.2) is 4.57 Å².